The smallest absolute Gasteiger partial charge is 0.313 e. The van der Waals surface area contributed by atoms with Gasteiger partial charge >= 0.3 is 5.97 Å². The number of esters is 1. The van der Waals surface area contributed by atoms with E-state index in [0.29, 0.717) is 27.2 Å². The summed E-state index contributed by atoms with van der Waals surface area (Å²) in [6.45, 7) is 0.0368. The number of anilines is 1. The van der Waals surface area contributed by atoms with Crippen molar-refractivity contribution in [2.45, 2.75) is 43.1 Å². The molecule has 0 aromatic heterocycles. The second-order valence-corrected chi connectivity index (χ2v) is 12.8. The molecule has 6 atom stereocenters. The molecule has 4 heterocycles. The van der Waals surface area contributed by atoms with Gasteiger partial charge in [-0.1, -0.05) is 82.1 Å². The molecule has 12 heteroatoms. The van der Waals surface area contributed by atoms with Crippen LogP contribution in [0.5, 0.6) is 0 Å². The number of carbonyl (C=O) groups is 4. The maximum atomic E-state index is 14.7. The molecule has 10 nitrogen and oxygen atoms in total. The third-order valence-corrected chi connectivity index (χ3v) is 9.81. The molecule has 2 fully saturated rings. The van der Waals surface area contributed by atoms with Crippen LogP contribution in [0.15, 0.2) is 77.3 Å². The number of aliphatic hydroxyl groups is 1. The molecule has 2 saturated heterocycles. The van der Waals surface area contributed by atoms with Crippen LogP contribution in [0.25, 0.3) is 0 Å². The molecule has 4 aliphatic rings. The maximum Gasteiger partial charge on any atom is 0.313 e. The number of hydrogen-bond acceptors (Lipinski definition) is 7. The number of ether oxygens (including phenoxy) is 2. The van der Waals surface area contributed by atoms with Gasteiger partial charge in [-0.25, -0.2) is 0 Å². The Bertz CT molecular complexity index is 1550. The first-order valence-corrected chi connectivity index (χ1v) is 16.1. The predicted molar refractivity (Wildman–Crippen MR) is 169 cm³/mol. The lowest BCUT2D eigenvalue weighted by Crippen LogP contribution is -2.56. The van der Waals surface area contributed by atoms with E-state index in [1.807, 2.05) is 24.3 Å². The number of cyclic esters (lactones) is 1. The first-order valence-electron chi connectivity index (χ1n) is 15.0. The largest absolute Gasteiger partial charge is 0.455 e. The Morgan fingerprint density at radius 3 is 2.53 bits per heavy atom. The summed E-state index contributed by atoms with van der Waals surface area (Å²) in [6.07, 6.45) is 4.50. The van der Waals surface area contributed by atoms with Gasteiger partial charge in [0.2, 0.25) is 11.8 Å². The van der Waals surface area contributed by atoms with Crippen LogP contribution in [-0.2, 0) is 28.7 Å². The maximum absolute atomic E-state index is 14.7. The van der Waals surface area contributed by atoms with Gasteiger partial charge in [-0.05, 0) is 36.6 Å². The van der Waals surface area contributed by atoms with Crippen LogP contribution in [0.4, 0.5) is 5.69 Å². The second-order valence-electron chi connectivity index (χ2n) is 11.5. The van der Waals surface area contributed by atoms with E-state index in [0.717, 1.165) is 0 Å². The molecule has 4 aliphatic heterocycles. The van der Waals surface area contributed by atoms with Gasteiger partial charge in [-0.3, -0.25) is 19.2 Å². The number of allylic oxidation sites excluding steroid dienone is 1. The zero-order valence-electron chi connectivity index (χ0n) is 24.3. The van der Waals surface area contributed by atoms with Gasteiger partial charge in [0, 0.05) is 30.6 Å². The van der Waals surface area contributed by atoms with Crippen molar-refractivity contribution in [2.24, 2.45) is 11.8 Å². The third kappa shape index (κ3) is 5.71. The lowest BCUT2D eigenvalue weighted by Gasteiger charge is -2.36. The van der Waals surface area contributed by atoms with Crippen molar-refractivity contribution in [3.8, 4) is 0 Å². The summed E-state index contributed by atoms with van der Waals surface area (Å²) in [6, 6.07) is 14.8. The SMILES string of the molecule is O=C1CC/C=C\CN(c2ccccc2Cl)C(=O)[C@H]2N(CCCO)C(=O)[C@@H]3[C@@H](C(=O)O[C@@H](c4ccccc4)CN1)[C@@H]1O[C@@]32C=C1Br. The fourth-order valence-corrected chi connectivity index (χ4v) is 7.77. The molecule has 236 valence electrons. The van der Waals surface area contributed by atoms with Crippen LogP contribution < -0.4 is 10.2 Å². The molecular weight excluding hydrogens is 666 g/mol. The first-order chi connectivity index (χ1) is 21.8. The quantitative estimate of drug-likeness (QED) is 0.361. The minimum Gasteiger partial charge on any atom is -0.455 e. The highest BCUT2D eigenvalue weighted by molar-refractivity contribution is 9.11. The fraction of sp³-hybridized carbons (Fsp3) is 0.394. The molecule has 0 radical (unpaired) electrons. The van der Waals surface area contributed by atoms with Gasteiger partial charge < -0.3 is 29.7 Å². The number of fused-ring (bicyclic) bond motifs is 2. The highest BCUT2D eigenvalue weighted by Gasteiger charge is 2.75. The Labute approximate surface area is 274 Å². The fourth-order valence-electron chi connectivity index (χ4n) is 6.79. The molecular formula is C33H33BrClN3O7. The molecule has 2 aromatic carbocycles. The number of nitrogens with one attached hydrogen (secondary N) is 1. The van der Waals surface area contributed by atoms with Crippen LogP contribution in [0.2, 0.25) is 5.02 Å². The first kappa shape index (κ1) is 31.5. The lowest BCUT2D eigenvalue weighted by molar-refractivity contribution is -0.159. The Morgan fingerprint density at radius 2 is 1.78 bits per heavy atom. The van der Waals surface area contributed by atoms with Crippen molar-refractivity contribution in [2.75, 3.05) is 31.1 Å². The molecule has 45 heavy (non-hydrogen) atoms. The highest BCUT2D eigenvalue weighted by atomic mass is 79.9. The van der Waals surface area contributed by atoms with Crippen LogP contribution in [0, 0.1) is 11.8 Å². The lowest BCUT2D eigenvalue weighted by atomic mass is 9.74. The van der Waals surface area contributed by atoms with Crippen LogP contribution in [0.1, 0.15) is 30.9 Å². The number of carbonyl (C=O) groups excluding carboxylic acids is 4. The van der Waals surface area contributed by atoms with Gasteiger partial charge in [0.15, 0.2) is 0 Å². The monoisotopic (exact) mass is 697 g/mol. The number of likely N-dealkylation sites (tertiary alicyclic amines) is 1. The molecule has 2 aromatic rings. The minimum absolute atomic E-state index is 0.0430. The Kier molecular flexibility index (Phi) is 9.15. The summed E-state index contributed by atoms with van der Waals surface area (Å²) in [5.41, 5.74) is -0.344. The molecule has 2 N–H and O–H groups in total. The zero-order valence-corrected chi connectivity index (χ0v) is 26.7. The average molecular weight is 699 g/mol. The van der Waals surface area contributed by atoms with E-state index < -0.39 is 53.5 Å². The van der Waals surface area contributed by atoms with E-state index in [4.69, 9.17) is 21.1 Å². The number of halogens is 2. The van der Waals surface area contributed by atoms with Gasteiger partial charge in [-0.2, -0.15) is 0 Å². The van der Waals surface area contributed by atoms with Crippen LogP contribution in [-0.4, -0.2) is 77.7 Å². The van der Waals surface area contributed by atoms with Crippen molar-refractivity contribution in [3.63, 3.8) is 0 Å². The molecule has 0 unspecified atom stereocenters. The molecule has 3 amide bonds. The standard InChI is InChI=1S/C33H33BrClN3O7/c34-21-18-33-27-26(28(21)45-33)32(43)44-24(20-10-3-1-4-11-20)19-36-25(40)14-5-2-8-15-37(23-13-7-6-12-22(23)35)31(42)29(33)38(30(27)41)16-9-17-39/h1-4,6-8,10-13,18,24,26-29,39H,5,9,14-17,19H2,(H,36,40)/b8-2-/t24-,26-,27+,28-,29-,33+/m1/s1. The van der Waals surface area contributed by atoms with E-state index in [9.17, 15) is 24.3 Å². The van der Waals surface area contributed by atoms with E-state index in [1.54, 1.807) is 48.6 Å². The summed E-state index contributed by atoms with van der Waals surface area (Å²) < 4.78 is 13.1. The Morgan fingerprint density at radius 1 is 1.02 bits per heavy atom. The number of nitrogens with zero attached hydrogens (tertiary/aromatic N) is 2. The summed E-state index contributed by atoms with van der Waals surface area (Å²) in [7, 11) is 0. The second kappa shape index (κ2) is 13.1. The highest BCUT2D eigenvalue weighted by Crippen LogP contribution is 2.59. The number of benzene rings is 2. The molecule has 0 saturated carbocycles. The Balaban J connectivity index is 1.46. The van der Waals surface area contributed by atoms with Crippen molar-refractivity contribution >= 4 is 56.9 Å². The zero-order chi connectivity index (χ0) is 31.7. The van der Waals surface area contributed by atoms with Crippen molar-refractivity contribution < 1.29 is 33.8 Å². The molecule has 1 spiro atoms. The topological polar surface area (TPSA) is 125 Å². The van der Waals surface area contributed by atoms with Crippen molar-refractivity contribution in [1.82, 2.24) is 10.2 Å². The summed E-state index contributed by atoms with van der Waals surface area (Å²) in [4.78, 5) is 58.8. The third-order valence-electron chi connectivity index (χ3n) is 8.81. The molecule has 0 aliphatic carbocycles. The van der Waals surface area contributed by atoms with Gasteiger partial charge in [0.25, 0.3) is 5.91 Å². The van der Waals surface area contributed by atoms with Gasteiger partial charge in [0.05, 0.1) is 23.2 Å². The Hall–Kier alpha value is -3.51. The molecule has 6 rings (SSSR count). The number of hydrogen-bond donors (Lipinski definition) is 2. The van der Waals surface area contributed by atoms with Crippen molar-refractivity contribution in [3.05, 3.63) is 87.9 Å². The number of aliphatic hydroxyl groups excluding tert-OH is 1. The number of para-hydroxylation sites is 1. The molecule has 5 bridgehead atoms. The summed E-state index contributed by atoms with van der Waals surface area (Å²) >= 11 is 10.1. The number of amides is 3. The van der Waals surface area contributed by atoms with Gasteiger partial charge in [-0.15, -0.1) is 0 Å². The normalized spacial score (nSPS) is 31.0. The minimum atomic E-state index is -1.47. The van der Waals surface area contributed by atoms with Crippen LogP contribution >= 0.6 is 27.5 Å². The summed E-state index contributed by atoms with van der Waals surface area (Å²) in [5, 5.41) is 12.9. The van der Waals surface area contributed by atoms with Gasteiger partial charge in [0.1, 0.15) is 29.8 Å². The summed E-state index contributed by atoms with van der Waals surface area (Å²) in [5.74, 6) is -3.87. The predicted octanol–water partition coefficient (Wildman–Crippen LogP) is 3.68. The van der Waals surface area contributed by atoms with Crippen LogP contribution in [0.3, 0.4) is 0 Å². The van der Waals surface area contributed by atoms with E-state index in [1.165, 1.54) is 9.80 Å². The number of rotatable bonds is 5. The van der Waals surface area contributed by atoms with E-state index >= 15 is 0 Å². The van der Waals surface area contributed by atoms with E-state index in [2.05, 4.69) is 21.2 Å². The van der Waals surface area contributed by atoms with Crippen molar-refractivity contribution in [1.29, 1.82) is 0 Å². The van der Waals surface area contributed by atoms with E-state index in [-0.39, 0.29) is 45.0 Å². The average Bonchev–Trinajstić information content (AvgIpc) is 3.63.